The number of hydrogen-bond donors (Lipinski definition) is 1. The standard InChI is InChI=1S/C15H26N4O.ClH/c1-6-19-11(3)13(10(2)17-19)14(20)18-8-7-12(16)15(4,5)9-18;/h12H,6-9,16H2,1-5H3;1H. The molecule has 1 saturated heterocycles. The zero-order chi connectivity index (χ0) is 15.1. The fourth-order valence-electron chi connectivity index (χ4n) is 3.02. The van der Waals surface area contributed by atoms with Gasteiger partial charge in [-0.25, -0.2) is 0 Å². The lowest BCUT2D eigenvalue weighted by Gasteiger charge is -2.42. The van der Waals surface area contributed by atoms with E-state index < -0.39 is 0 Å². The van der Waals surface area contributed by atoms with Crippen LogP contribution in [0.5, 0.6) is 0 Å². The number of carbonyl (C=O) groups is 1. The van der Waals surface area contributed by atoms with Crippen molar-refractivity contribution in [2.24, 2.45) is 11.1 Å². The van der Waals surface area contributed by atoms with E-state index >= 15 is 0 Å². The molecule has 0 bridgehead atoms. The van der Waals surface area contributed by atoms with Crippen LogP contribution in [0.15, 0.2) is 0 Å². The van der Waals surface area contributed by atoms with Crippen LogP contribution in [-0.4, -0.2) is 39.7 Å². The van der Waals surface area contributed by atoms with Crippen LogP contribution in [0.2, 0.25) is 0 Å². The van der Waals surface area contributed by atoms with Crippen molar-refractivity contribution in [1.29, 1.82) is 0 Å². The normalized spacial score (nSPS) is 21.0. The molecule has 1 amide bonds. The Morgan fingerprint density at radius 1 is 1.43 bits per heavy atom. The monoisotopic (exact) mass is 314 g/mol. The van der Waals surface area contributed by atoms with Crippen LogP contribution in [0.3, 0.4) is 0 Å². The van der Waals surface area contributed by atoms with Crippen molar-refractivity contribution >= 4 is 18.3 Å². The van der Waals surface area contributed by atoms with Crippen LogP contribution in [0.4, 0.5) is 0 Å². The van der Waals surface area contributed by atoms with Gasteiger partial charge in [0.25, 0.3) is 5.91 Å². The second-order valence-corrected chi connectivity index (χ2v) is 6.47. The summed E-state index contributed by atoms with van der Waals surface area (Å²) in [5, 5.41) is 4.44. The number of piperidine rings is 1. The zero-order valence-electron chi connectivity index (χ0n) is 13.6. The van der Waals surface area contributed by atoms with Gasteiger partial charge in [-0.1, -0.05) is 13.8 Å². The Kier molecular flexibility index (Phi) is 5.45. The molecule has 1 aliphatic heterocycles. The average molecular weight is 315 g/mol. The third kappa shape index (κ3) is 3.24. The largest absolute Gasteiger partial charge is 0.338 e. The first-order valence-corrected chi connectivity index (χ1v) is 7.36. The molecular weight excluding hydrogens is 288 g/mol. The predicted molar refractivity (Wildman–Crippen MR) is 86.9 cm³/mol. The number of aryl methyl sites for hydroxylation is 2. The molecule has 0 saturated carbocycles. The molecule has 21 heavy (non-hydrogen) atoms. The third-order valence-corrected chi connectivity index (χ3v) is 4.49. The van der Waals surface area contributed by atoms with Crippen molar-refractivity contribution in [2.45, 2.75) is 53.6 Å². The molecule has 1 fully saturated rings. The van der Waals surface area contributed by atoms with Gasteiger partial charge in [-0.3, -0.25) is 9.48 Å². The number of rotatable bonds is 2. The summed E-state index contributed by atoms with van der Waals surface area (Å²) in [5.41, 5.74) is 8.66. The minimum atomic E-state index is -0.0313. The molecule has 2 rings (SSSR count). The van der Waals surface area contributed by atoms with E-state index in [-0.39, 0.29) is 29.8 Å². The number of likely N-dealkylation sites (tertiary alicyclic amines) is 1. The van der Waals surface area contributed by atoms with Crippen molar-refractivity contribution in [3.8, 4) is 0 Å². The first-order chi connectivity index (χ1) is 9.27. The molecule has 2 N–H and O–H groups in total. The molecule has 120 valence electrons. The van der Waals surface area contributed by atoms with Gasteiger partial charge in [-0.05, 0) is 32.6 Å². The minimum absolute atomic E-state index is 0. The van der Waals surface area contributed by atoms with Crippen molar-refractivity contribution in [3.05, 3.63) is 17.0 Å². The summed E-state index contributed by atoms with van der Waals surface area (Å²) in [6, 6.07) is 0.159. The summed E-state index contributed by atoms with van der Waals surface area (Å²) >= 11 is 0. The average Bonchev–Trinajstić information content (AvgIpc) is 2.66. The molecule has 0 radical (unpaired) electrons. The SMILES string of the molecule is CCn1nc(C)c(C(=O)N2CCC(N)C(C)(C)C2)c1C.Cl. The van der Waals surface area contributed by atoms with Gasteiger partial charge in [0.1, 0.15) is 0 Å². The summed E-state index contributed by atoms with van der Waals surface area (Å²) in [4.78, 5) is 14.7. The van der Waals surface area contributed by atoms with E-state index in [2.05, 4.69) is 18.9 Å². The Labute approximate surface area is 133 Å². The van der Waals surface area contributed by atoms with Gasteiger partial charge >= 0.3 is 0 Å². The lowest BCUT2D eigenvalue weighted by Crippen LogP contribution is -2.54. The Morgan fingerprint density at radius 2 is 2.05 bits per heavy atom. The molecule has 0 spiro atoms. The van der Waals surface area contributed by atoms with Crippen molar-refractivity contribution in [1.82, 2.24) is 14.7 Å². The van der Waals surface area contributed by atoms with Gasteiger partial charge in [-0.15, -0.1) is 12.4 Å². The summed E-state index contributed by atoms with van der Waals surface area (Å²) in [6.45, 7) is 12.4. The summed E-state index contributed by atoms with van der Waals surface area (Å²) in [7, 11) is 0. The Hall–Kier alpha value is -1.07. The summed E-state index contributed by atoms with van der Waals surface area (Å²) < 4.78 is 1.89. The van der Waals surface area contributed by atoms with Gasteiger partial charge in [-0.2, -0.15) is 5.10 Å². The molecule has 0 aromatic carbocycles. The Morgan fingerprint density at radius 3 is 2.52 bits per heavy atom. The van der Waals surface area contributed by atoms with E-state index in [9.17, 15) is 4.79 Å². The third-order valence-electron chi connectivity index (χ3n) is 4.49. The molecule has 5 nitrogen and oxygen atoms in total. The van der Waals surface area contributed by atoms with E-state index in [0.717, 1.165) is 36.5 Å². The zero-order valence-corrected chi connectivity index (χ0v) is 14.5. The van der Waals surface area contributed by atoms with Crippen LogP contribution in [0, 0.1) is 19.3 Å². The number of nitrogens with two attached hydrogens (primary N) is 1. The molecule has 2 heterocycles. The summed E-state index contributed by atoms with van der Waals surface area (Å²) in [5.74, 6) is 0.0969. The molecule has 1 atom stereocenters. The second-order valence-electron chi connectivity index (χ2n) is 6.47. The Balaban J connectivity index is 0.00000220. The highest BCUT2D eigenvalue weighted by molar-refractivity contribution is 5.96. The van der Waals surface area contributed by atoms with Gasteiger partial charge in [0.05, 0.1) is 11.3 Å². The highest BCUT2D eigenvalue weighted by Gasteiger charge is 2.36. The molecule has 1 aliphatic rings. The first kappa shape index (κ1) is 18.0. The van der Waals surface area contributed by atoms with Crippen LogP contribution in [-0.2, 0) is 6.54 Å². The van der Waals surface area contributed by atoms with Crippen LogP contribution in [0.25, 0.3) is 0 Å². The predicted octanol–water partition coefficient (Wildman–Crippen LogP) is 2.14. The van der Waals surface area contributed by atoms with Crippen LogP contribution in [0.1, 0.15) is 48.9 Å². The molecule has 6 heteroatoms. The van der Waals surface area contributed by atoms with E-state index in [1.807, 2.05) is 30.4 Å². The highest BCUT2D eigenvalue weighted by atomic mass is 35.5. The van der Waals surface area contributed by atoms with Crippen molar-refractivity contribution in [3.63, 3.8) is 0 Å². The maximum Gasteiger partial charge on any atom is 0.257 e. The molecule has 0 aliphatic carbocycles. The number of carbonyl (C=O) groups excluding carboxylic acids is 1. The molecule has 1 unspecified atom stereocenters. The highest BCUT2D eigenvalue weighted by Crippen LogP contribution is 2.29. The van der Waals surface area contributed by atoms with Crippen LogP contribution < -0.4 is 5.73 Å². The topological polar surface area (TPSA) is 64.2 Å². The Bertz CT molecular complexity index is 524. The molecule has 1 aromatic rings. The maximum atomic E-state index is 12.8. The van der Waals surface area contributed by atoms with Crippen molar-refractivity contribution in [2.75, 3.05) is 13.1 Å². The lowest BCUT2D eigenvalue weighted by molar-refractivity contribution is 0.0531. The van der Waals surface area contributed by atoms with E-state index in [0.29, 0.717) is 6.54 Å². The van der Waals surface area contributed by atoms with Crippen LogP contribution >= 0.6 is 12.4 Å². The number of halogens is 1. The van der Waals surface area contributed by atoms with Gasteiger partial charge in [0.2, 0.25) is 0 Å². The fourth-order valence-corrected chi connectivity index (χ4v) is 3.02. The number of amides is 1. The summed E-state index contributed by atoms with van der Waals surface area (Å²) in [6.07, 6.45) is 0.860. The van der Waals surface area contributed by atoms with E-state index in [1.165, 1.54) is 0 Å². The minimum Gasteiger partial charge on any atom is -0.338 e. The van der Waals surface area contributed by atoms with Gasteiger partial charge in [0, 0.05) is 31.4 Å². The maximum absolute atomic E-state index is 12.8. The van der Waals surface area contributed by atoms with Crippen molar-refractivity contribution < 1.29 is 4.79 Å². The quantitative estimate of drug-likeness (QED) is 0.909. The second kappa shape index (κ2) is 6.36. The first-order valence-electron chi connectivity index (χ1n) is 7.36. The van der Waals surface area contributed by atoms with Gasteiger partial charge < -0.3 is 10.6 Å². The fraction of sp³-hybridized carbons (Fsp3) is 0.733. The smallest absolute Gasteiger partial charge is 0.257 e. The van der Waals surface area contributed by atoms with E-state index in [4.69, 9.17) is 5.73 Å². The lowest BCUT2D eigenvalue weighted by atomic mass is 9.79. The van der Waals surface area contributed by atoms with Gasteiger partial charge in [0.15, 0.2) is 0 Å². The van der Waals surface area contributed by atoms with E-state index in [1.54, 1.807) is 0 Å². The number of hydrogen-bond acceptors (Lipinski definition) is 3. The molecular formula is C15H27ClN4O. The number of aromatic nitrogens is 2. The number of nitrogens with zero attached hydrogens (tertiary/aromatic N) is 3. The molecule has 1 aromatic heterocycles.